The van der Waals surface area contributed by atoms with Crippen LogP contribution in [0, 0.1) is 11.6 Å². The van der Waals surface area contributed by atoms with Gasteiger partial charge in [0, 0.05) is 35.8 Å². The highest BCUT2D eigenvalue weighted by Gasteiger charge is 2.13. The van der Waals surface area contributed by atoms with E-state index in [2.05, 4.69) is 10.3 Å². The fourth-order valence-electron chi connectivity index (χ4n) is 2.94. The molecule has 28 heavy (non-hydrogen) atoms. The highest BCUT2D eigenvalue weighted by atomic mass is 32.1. The predicted molar refractivity (Wildman–Crippen MR) is 105 cm³/mol. The zero-order chi connectivity index (χ0) is 19.5. The third-order valence-electron chi connectivity index (χ3n) is 4.44. The largest absolute Gasteiger partial charge is 0.352 e. The Hall–Kier alpha value is -3.06. The zero-order valence-electron chi connectivity index (χ0n) is 14.9. The summed E-state index contributed by atoms with van der Waals surface area (Å²) in [6, 6.07) is 12.6. The van der Waals surface area contributed by atoms with Crippen LogP contribution < -0.4 is 5.32 Å². The van der Waals surface area contributed by atoms with Crippen LogP contribution in [0.2, 0.25) is 0 Å². The number of aryl methyl sites for hydroxylation is 1. The summed E-state index contributed by atoms with van der Waals surface area (Å²) in [4.78, 5) is 17.4. The molecule has 4 aromatic rings. The Morgan fingerprint density at radius 3 is 2.68 bits per heavy atom. The first-order chi connectivity index (χ1) is 13.6. The van der Waals surface area contributed by atoms with E-state index in [1.807, 2.05) is 9.78 Å². The van der Waals surface area contributed by atoms with Crippen LogP contribution in [-0.4, -0.2) is 15.3 Å². The third-order valence-corrected chi connectivity index (χ3v) is 5.33. The van der Waals surface area contributed by atoms with E-state index in [1.165, 1.54) is 29.5 Å². The van der Waals surface area contributed by atoms with Gasteiger partial charge in [-0.25, -0.2) is 13.8 Å². The molecule has 2 aromatic carbocycles. The van der Waals surface area contributed by atoms with E-state index in [0.29, 0.717) is 30.6 Å². The number of nitrogens with zero attached hydrogens (tertiary/aromatic N) is 2. The first-order valence-electron chi connectivity index (χ1n) is 8.81. The molecule has 0 fully saturated rings. The van der Waals surface area contributed by atoms with Crippen LogP contribution >= 0.6 is 11.3 Å². The lowest BCUT2D eigenvalue weighted by Crippen LogP contribution is -2.23. The maximum absolute atomic E-state index is 14.0. The van der Waals surface area contributed by atoms with Crippen LogP contribution in [0.4, 0.5) is 8.78 Å². The van der Waals surface area contributed by atoms with E-state index >= 15 is 0 Å². The molecule has 1 N–H and O–H groups in total. The standard InChI is InChI=1S/C21H17F2N3OS/c22-15-7-5-14(6-8-15)11-24-20(27)10-9-16-13-28-21-25-19(12-26(16)21)17-3-1-2-4-18(17)23/h1-8,12-13H,9-11H2,(H,24,27). The minimum atomic E-state index is -0.310. The summed E-state index contributed by atoms with van der Waals surface area (Å²) in [6.07, 6.45) is 2.67. The molecule has 0 bridgehead atoms. The van der Waals surface area contributed by atoms with Gasteiger partial charge in [0.2, 0.25) is 5.91 Å². The van der Waals surface area contributed by atoms with Crippen molar-refractivity contribution < 1.29 is 13.6 Å². The number of hydrogen-bond donors (Lipinski definition) is 1. The quantitative estimate of drug-likeness (QED) is 0.517. The summed E-state index contributed by atoms with van der Waals surface area (Å²) >= 11 is 1.46. The number of thiazole rings is 1. The molecule has 2 aromatic heterocycles. The SMILES string of the molecule is O=C(CCc1csc2nc(-c3ccccc3F)cn12)NCc1ccc(F)cc1. The molecular formula is C21H17F2N3OS. The summed E-state index contributed by atoms with van der Waals surface area (Å²) in [5.41, 5.74) is 2.83. The normalized spacial score (nSPS) is 11.1. The average molecular weight is 397 g/mol. The first-order valence-corrected chi connectivity index (χ1v) is 9.69. The van der Waals surface area contributed by atoms with Crippen molar-refractivity contribution in [2.24, 2.45) is 0 Å². The lowest BCUT2D eigenvalue weighted by Gasteiger charge is -2.05. The second-order valence-electron chi connectivity index (χ2n) is 6.39. The molecule has 0 aliphatic heterocycles. The van der Waals surface area contributed by atoms with Crippen molar-refractivity contribution in [1.82, 2.24) is 14.7 Å². The van der Waals surface area contributed by atoms with Gasteiger partial charge in [-0.05, 0) is 36.2 Å². The molecule has 0 spiro atoms. The topological polar surface area (TPSA) is 46.4 Å². The fraction of sp³-hybridized carbons (Fsp3) is 0.143. The van der Waals surface area contributed by atoms with E-state index in [9.17, 15) is 13.6 Å². The second-order valence-corrected chi connectivity index (χ2v) is 7.23. The van der Waals surface area contributed by atoms with E-state index in [4.69, 9.17) is 0 Å². The van der Waals surface area contributed by atoms with Gasteiger partial charge in [-0.3, -0.25) is 9.20 Å². The van der Waals surface area contributed by atoms with E-state index in [1.54, 1.807) is 36.5 Å². The third kappa shape index (κ3) is 3.94. The molecular weight excluding hydrogens is 380 g/mol. The minimum absolute atomic E-state index is 0.0851. The number of imidazole rings is 1. The van der Waals surface area contributed by atoms with Gasteiger partial charge in [-0.2, -0.15) is 0 Å². The lowest BCUT2D eigenvalue weighted by atomic mass is 10.1. The van der Waals surface area contributed by atoms with Crippen LogP contribution in [0.25, 0.3) is 16.2 Å². The number of carbonyl (C=O) groups is 1. The summed E-state index contributed by atoms with van der Waals surface area (Å²) in [5, 5.41) is 4.79. The van der Waals surface area contributed by atoms with E-state index < -0.39 is 0 Å². The number of halogens is 2. The number of benzene rings is 2. The monoisotopic (exact) mass is 397 g/mol. The highest BCUT2D eigenvalue weighted by molar-refractivity contribution is 7.15. The predicted octanol–water partition coefficient (Wildman–Crippen LogP) is 4.59. The maximum atomic E-state index is 14.0. The smallest absolute Gasteiger partial charge is 0.220 e. The highest BCUT2D eigenvalue weighted by Crippen LogP contribution is 2.26. The molecule has 0 aliphatic carbocycles. The number of amides is 1. The van der Waals surface area contributed by atoms with E-state index in [-0.39, 0.29) is 17.5 Å². The molecule has 1 amide bonds. The molecule has 0 atom stereocenters. The Morgan fingerprint density at radius 1 is 1.11 bits per heavy atom. The van der Waals surface area contributed by atoms with Crippen molar-refractivity contribution in [2.75, 3.05) is 0 Å². The van der Waals surface area contributed by atoms with Crippen molar-refractivity contribution in [2.45, 2.75) is 19.4 Å². The van der Waals surface area contributed by atoms with Gasteiger partial charge >= 0.3 is 0 Å². The van der Waals surface area contributed by atoms with Gasteiger partial charge in [0.25, 0.3) is 0 Å². The van der Waals surface area contributed by atoms with Crippen LogP contribution in [-0.2, 0) is 17.8 Å². The lowest BCUT2D eigenvalue weighted by molar-refractivity contribution is -0.121. The minimum Gasteiger partial charge on any atom is -0.352 e. The van der Waals surface area contributed by atoms with E-state index in [0.717, 1.165) is 16.2 Å². The second kappa shape index (κ2) is 7.90. The number of fused-ring (bicyclic) bond motifs is 1. The zero-order valence-corrected chi connectivity index (χ0v) is 15.7. The molecule has 4 rings (SSSR count). The van der Waals surface area contributed by atoms with Crippen LogP contribution in [0.3, 0.4) is 0 Å². The van der Waals surface area contributed by atoms with Crippen molar-refractivity contribution in [3.05, 3.63) is 83.0 Å². The molecule has 7 heteroatoms. The average Bonchev–Trinajstić information content (AvgIpc) is 3.27. The molecule has 0 saturated carbocycles. The molecule has 4 nitrogen and oxygen atoms in total. The molecule has 0 saturated heterocycles. The number of aromatic nitrogens is 2. The Bertz CT molecular complexity index is 1120. The van der Waals surface area contributed by atoms with Gasteiger partial charge in [0.15, 0.2) is 4.96 Å². The van der Waals surface area contributed by atoms with Crippen LogP contribution in [0.1, 0.15) is 17.7 Å². The van der Waals surface area contributed by atoms with Gasteiger partial charge in [0.1, 0.15) is 11.6 Å². The summed E-state index contributed by atoms with van der Waals surface area (Å²) in [7, 11) is 0. The van der Waals surface area contributed by atoms with Crippen molar-refractivity contribution in [1.29, 1.82) is 0 Å². The van der Waals surface area contributed by atoms with Gasteiger partial charge in [0.05, 0.1) is 5.69 Å². The summed E-state index contributed by atoms with van der Waals surface area (Å²) in [5.74, 6) is -0.695. The fourth-order valence-corrected chi connectivity index (χ4v) is 3.85. The van der Waals surface area contributed by atoms with Crippen LogP contribution in [0.15, 0.2) is 60.1 Å². The summed E-state index contributed by atoms with van der Waals surface area (Å²) in [6.45, 7) is 0.362. The number of hydrogen-bond acceptors (Lipinski definition) is 3. The number of nitrogens with one attached hydrogen (secondary N) is 1. The molecule has 0 radical (unpaired) electrons. The summed E-state index contributed by atoms with van der Waals surface area (Å²) < 4.78 is 28.8. The first kappa shape index (κ1) is 18.3. The Balaban J connectivity index is 1.40. The van der Waals surface area contributed by atoms with Gasteiger partial charge in [-0.15, -0.1) is 11.3 Å². The maximum Gasteiger partial charge on any atom is 0.220 e. The van der Waals surface area contributed by atoms with Crippen molar-refractivity contribution in [3.8, 4) is 11.3 Å². The number of rotatable bonds is 6. The molecule has 142 valence electrons. The van der Waals surface area contributed by atoms with Crippen LogP contribution in [0.5, 0.6) is 0 Å². The number of carbonyl (C=O) groups excluding carboxylic acids is 1. The Labute approximate surface area is 164 Å². The van der Waals surface area contributed by atoms with Gasteiger partial charge < -0.3 is 5.32 Å². The van der Waals surface area contributed by atoms with Gasteiger partial charge in [-0.1, -0.05) is 24.3 Å². The molecule has 2 heterocycles. The Kier molecular flexibility index (Phi) is 5.16. The van der Waals surface area contributed by atoms with Crippen molar-refractivity contribution in [3.63, 3.8) is 0 Å². The van der Waals surface area contributed by atoms with Crippen molar-refractivity contribution >= 4 is 22.2 Å². The molecule has 0 aliphatic rings. The molecule has 0 unspecified atom stereocenters. The Morgan fingerprint density at radius 2 is 1.89 bits per heavy atom.